The Morgan fingerprint density at radius 3 is 2.72 bits per heavy atom. The van der Waals surface area contributed by atoms with Crippen LogP contribution in [0.15, 0.2) is 32.5 Å². The van der Waals surface area contributed by atoms with E-state index in [1.165, 1.54) is 11.3 Å². The van der Waals surface area contributed by atoms with Gasteiger partial charge in [-0.25, -0.2) is 0 Å². The Balaban J connectivity index is 2.24. The predicted octanol–water partition coefficient (Wildman–Crippen LogP) is 4.42. The molecule has 3 N–H and O–H groups in total. The lowest BCUT2D eigenvalue weighted by Gasteiger charge is -2.08. The molecule has 0 bridgehead atoms. The maximum absolute atomic E-state index is 12.1. The Morgan fingerprint density at radius 1 is 1.39 bits per heavy atom. The highest BCUT2D eigenvalue weighted by molar-refractivity contribution is 9.13. The van der Waals surface area contributed by atoms with Crippen molar-refractivity contribution in [3.05, 3.63) is 43.0 Å². The molecule has 0 radical (unpaired) electrons. The van der Waals surface area contributed by atoms with Gasteiger partial charge >= 0.3 is 0 Å². The van der Waals surface area contributed by atoms with Crippen LogP contribution in [0.4, 0.5) is 11.4 Å². The number of nitrogens with two attached hydrogens (primary N) is 1. The molecule has 94 valence electrons. The Labute approximate surface area is 126 Å². The number of carbonyl (C=O) groups is 1. The second kappa shape index (κ2) is 5.42. The molecule has 0 aliphatic heterocycles. The van der Waals surface area contributed by atoms with Crippen LogP contribution in [0.1, 0.15) is 15.2 Å². The summed E-state index contributed by atoms with van der Waals surface area (Å²) in [6.45, 7) is 1.88. The molecule has 0 spiro atoms. The first-order valence-electron chi connectivity index (χ1n) is 5.10. The van der Waals surface area contributed by atoms with Crippen LogP contribution in [-0.2, 0) is 0 Å². The molecule has 18 heavy (non-hydrogen) atoms. The van der Waals surface area contributed by atoms with Crippen LogP contribution in [-0.4, -0.2) is 5.91 Å². The summed E-state index contributed by atoms with van der Waals surface area (Å²) in [5.74, 6) is -0.139. The molecule has 0 saturated carbocycles. The van der Waals surface area contributed by atoms with Crippen LogP contribution < -0.4 is 11.1 Å². The minimum atomic E-state index is -0.139. The van der Waals surface area contributed by atoms with Crippen molar-refractivity contribution in [1.29, 1.82) is 0 Å². The van der Waals surface area contributed by atoms with Gasteiger partial charge in [-0.2, -0.15) is 0 Å². The second-order valence-corrected chi connectivity index (χ2v) is 6.93. The van der Waals surface area contributed by atoms with Gasteiger partial charge in [-0.15, -0.1) is 11.3 Å². The number of amides is 1. The second-order valence-electron chi connectivity index (χ2n) is 3.71. The molecule has 0 aliphatic carbocycles. The number of nitrogens with one attached hydrogen (secondary N) is 1. The summed E-state index contributed by atoms with van der Waals surface area (Å²) in [6.07, 6.45) is 0. The van der Waals surface area contributed by atoms with Crippen LogP contribution in [0.3, 0.4) is 0 Å². The molecule has 1 heterocycles. The largest absolute Gasteiger partial charge is 0.398 e. The van der Waals surface area contributed by atoms with Crippen LogP contribution in [0.25, 0.3) is 0 Å². The Kier molecular flexibility index (Phi) is 4.09. The van der Waals surface area contributed by atoms with Crippen LogP contribution in [0.5, 0.6) is 0 Å². The van der Waals surface area contributed by atoms with E-state index in [9.17, 15) is 4.79 Å². The molecule has 1 amide bonds. The topological polar surface area (TPSA) is 55.1 Å². The fraction of sp³-hybridized carbons (Fsp3) is 0.0833. The number of nitrogen functional groups attached to an aromatic ring is 1. The van der Waals surface area contributed by atoms with Gasteiger partial charge in [0.05, 0.1) is 8.66 Å². The average Bonchev–Trinajstić information content (AvgIpc) is 2.66. The number of carbonyl (C=O) groups excluding carboxylic acids is 1. The zero-order valence-corrected chi connectivity index (χ0v) is 13.4. The van der Waals surface area contributed by atoms with Gasteiger partial charge in [0.2, 0.25) is 0 Å². The standard InChI is InChI=1S/C12H10Br2N2OS/c1-6-8(15)3-2-4-9(6)16-12(17)10-5-7(13)11(14)18-10/h2-5H,15H2,1H3,(H,16,17). The molecule has 3 nitrogen and oxygen atoms in total. The first-order valence-corrected chi connectivity index (χ1v) is 7.50. The lowest BCUT2D eigenvalue weighted by atomic mass is 10.1. The van der Waals surface area contributed by atoms with Crippen molar-refractivity contribution in [3.8, 4) is 0 Å². The molecule has 1 aromatic heterocycles. The SMILES string of the molecule is Cc1c(N)cccc1NC(=O)c1cc(Br)c(Br)s1. The van der Waals surface area contributed by atoms with E-state index >= 15 is 0 Å². The zero-order valence-electron chi connectivity index (χ0n) is 9.46. The summed E-state index contributed by atoms with van der Waals surface area (Å²) in [7, 11) is 0. The van der Waals surface area contributed by atoms with E-state index in [1.807, 2.05) is 25.1 Å². The molecule has 6 heteroatoms. The van der Waals surface area contributed by atoms with Gasteiger partial charge in [-0.05, 0) is 62.5 Å². The molecule has 0 aliphatic rings. The van der Waals surface area contributed by atoms with E-state index in [0.29, 0.717) is 10.6 Å². The third-order valence-electron chi connectivity index (χ3n) is 2.49. The van der Waals surface area contributed by atoms with Gasteiger partial charge in [0, 0.05) is 15.8 Å². The van der Waals surface area contributed by atoms with Gasteiger partial charge in [0.15, 0.2) is 0 Å². The van der Waals surface area contributed by atoms with Crippen LogP contribution >= 0.6 is 43.2 Å². The monoisotopic (exact) mass is 388 g/mol. The van der Waals surface area contributed by atoms with E-state index < -0.39 is 0 Å². The maximum atomic E-state index is 12.1. The molecular weight excluding hydrogens is 380 g/mol. The van der Waals surface area contributed by atoms with E-state index in [4.69, 9.17) is 5.73 Å². The van der Waals surface area contributed by atoms with E-state index in [0.717, 1.165) is 19.5 Å². The Hall–Kier alpha value is -0.850. The number of rotatable bonds is 2. The number of thiophene rings is 1. The maximum Gasteiger partial charge on any atom is 0.265 e. The van der Waals surface area contributed by atoms with Crippen molar-refractivity contribution in [3.63, 3.8) is 0 Å². The molecule has 2 rings (SSSR count). The predicted molar refractivity (Wildman–Crippen MR) is 83.3 cm³/mol. The molecule has 0 atom stereocenters. The first kappa shape index (κ1) is 13.6. The van der Waals surface area contributed by atoms with Crippen molar-refractivity contribution < 1.29 is 4.79 Å². The summed E-state index contributed by atoms with van der Waals surface area (Å²) in [4.78, 5) is 12.7. The van der Waals surface area contributed by atoms with Crippen LogP contribution in [0.2, 0.25) is 0 Å². The van der Waals surface area contributed by atoms with Crippen molar-refractivity contribution in [2.24, 2.45) is 0 Å². The molecular formula is C12H10Br2N2OS. The molecule has 2 aromatic rings. The summed E-state index contributed by atoms with van der Waals surface area (Å²) in [5.41, 5.74) is 8.08. The van der Waals surface area contributed by atoms with Gasteiger partial charge in [-0.1, -0.05) is 6.07 Å². The first-order chi connectivity index (χ1) is 8.49. The third-order valence-corrected chi connectivity index (χ3v) is 5.75. The highest BCUT2D eigenvalue weighted by atomic mass is 79.9. The molecule has 0 unspecified atom stereocenters. The quantitative estimate of drug-likeness (QED) is 0.747. The minimum Gasteiger partial charge on any atom is -0.398 e. The van der Waals surface area contributed by atoms with E-state index in [-0.39, 0.29) is 5.91 Å². The highest BCUT2D eigenvalue weighted by Crippen LogP contribution is 2.33. The fourth-order valence-electron chi connectivity index (χ4n) is 1.43. The molecule has 1 aromatic carbocycles. The number of hydrogen-bond acceptors (Lipinski definition) is 3. The minimum absolute atomic E-state index is 0.139. The Morgan fingerprint density at radius 2 is 2.11 bits per heavy atom. The normalized spacial score (nSPS) is 10.4. The van der Waals surface area contributed by atoms with E-state index in [2.05, 4.69) is 37.2 Å². The van der Waals surface area contributed by atoms with E-state index in [1.54, 1.807) is 6.07 Å². The number of anilines is 2. The summed E-state index contributed by atoms with van der Waals surface area (Å²) >= 11 is 8.11. The van der Waals surface area contributed by atoms with Crippen molar-refractivity contribution >= 4 is 60.5 Å². The average molecular weight is 390 g/mol. The molecule has 0 fully saturated rings. The number of halogens is 2. The van der Waals surface area contributed by atoms with Gasteiger partial charge < -0.3 is 11.1 Å². The van der Waals surface area contributed by atoms with Gasteiger partial charge in [-0.3, -0.25) is 4.79 Å². The molecule has 0 saturated heterocycles. The zero-order chi connectivity index (χ0) is 13.3. The fourth-order valence-corrected chi connectivity index (χ4v) is 3.36. The van der Waals surface area contributed by atoms with Crippen molar-refractivity contribution in [2.45, 2.75) is 6.92 Å². The highest BCUT2D eigenvalue weighted by Gasteiger charge is 2.13. The lowest BCUT2D eigenvalue weighted by Crippen LogP contribution is -2.11. The smallest absolute Gasteiger partial charge is 0.265 e. The van der Waals surface area contributed by atoms with Crippen LogP contribution in [0, 0.1) is 6.92 Å². The lowest BCUT2D eigenvalue weighted by molar-refractivity contribution is 0.103. The number of benzene rings is 1. The third kappa shape index (κ3) is 2.76. The summed E-state index contributed by atoms with van der Waals surface area (Å²) in [6, 6.07) is 7.24. The van der Waals surface area contributed by atoms with Gasteiger partial charge in [0.1, 0.15) is 0 Å². The van der Waals surface area contributed by atoms with Gasteiger partial charge in [0.25, 0.3) is 5.91 Å². The summed E-state index contributed by atoms with van der Waals surface area (Å²) < 4.78 is 1.78. The Bertz CT molecular complexity index is 591. The van der Waals surface area contributed by atoms with Crippen molar-refractivity contribution in [1.82, 2.24) is 0 Å². The number of hydrogen-bond donors (Lipinski definition) is 2. The summed E-state index contributed by atoms with van der Waals surface area (Å²) in [5, 5.41) is 2.86. The van der Waals surface area contributed by atoms with Crippen molar-refractivity contribution in [2.75, 3.05) is 11.1 Å².